The fourth-order valence-electron chi connectivity index (χ4n) is 2.71. The fraction of sp³-hybridized carbons (Fsp3) is 0.150. The Labute approximate surface area is 170 Å². The Morgan fingerprint density at radius 2 is 1.67 bits per heavy atom. The number of benzene rings is 3. The van der Waals surface area contributed by atoms with Crippen LogP contribution in [0.15, 0.2) is 71.6 Å². The molecule has 0 aromatic heterocycles. The van der Waals surface area contributed by atoms with E-state index >= 15 is 0 Å². The molecule has 2 N–H and O–H groups in total. The lowest BCUT2D eigenvalue weighted by molar-refractivity contribution is -0.274. The van der Waals surface area contributed by atoms with Gasteiger partial charge in [0.05, 0.1) is 4.90 Å². The third-order valence-electron chi connectivity index (χ3n) is 4.03. The highest BCUT2D eigenvalue weighted by Crippen LogP contribution is 2.25. The van der Waals surface area contributed by atoms with Crippen LogP contribution in [0.4, 0.5) is 18.9 Å². The number of hydrogen-bond acceptors (Lipinski definition) is 4. The van der Waals surface area contributed by atoms with E-state index in [9.17, 15) is 26.4 Å². The molecule has 0 radical (unpaired) electrons. The number of carbonyl (C=O) groups excluding carboxylic acids is 1. The van der Waals surface area contributed by atoms with Crippen LogP contribution in [0.3, 0.4) is 0 Å². The number of alkyl halides is 3. The SMILES string of the molecule is O=C(CCNS(=O)(=O)c1ccc2ccccc2c1)Nc1cccc(OC(F)(F)F)c1. The molecule has 1 amide bonds. The lowest BCUT2D eigenvalue weighted by atomic mass is 10.1. The average molecular weight is 438 g/mol. The summed E-state index contributed by atoms with van der Waals surface area (Å²) in [4.78, 5) is 12.1. The van der Waals surface area contributed by atoms with Crippen molar-refractivity contribution in [2.75, 3.05) is 11.9 Å². The summed E-state index contributed by atoms with van der Waals surface area (Å²) >= 11 is 0. The molecular formula is C20H17F3N2O4S. The standard InChI is InChI=1S/C20H17F3N2O4S/c21-20(22,23)29-17-7-3-6-16(13-17)25-19(26)10-11-24-30(27,28)18-9-8-14-4-1-2-5-15(14)12-18/h1-9,12-13,24H,10-11H2,(H,25,26). The Morgan fingerprint density at radius 1 is 0.933 bits per heavy atom. The molecule has 0 aliphatic rings. The van der Waals surface area contributed by atoms with Crippen LogP contribution in [0.25, 0.3) is 10.8 Å². The smallest absolute Gasteiger partial charge is 0.406 e. The summed E-state index contributed by atoms with van der Waals surface area (Å²) in [5.74, 6) is -1.04. The van der Waals surface area contributed by atoms with Gasteiger partial charge in [-0.3, -0.25) is 4.79 Å². The summed E-state index contributed by atoms with van der Waals surface area (Å²) in [6.07, 6.45) is -5.05. The molecule has 10 heteroatoms. The Kier molecular flexibility index (Phi) is 6.28. The minimum atomic E-state index is -4.84. The highest BCUT2D eigenvalue weighted by molar-refractivity contribution is 7.89. The maximum absolute atomic E-state index is 12.4. The van der Waals surface area contributed by atoms with Gasteiger partial charge in [0.25, 0.3) is 0 Å². The number of hydrogen-bond donors (Lipinski definition) is 2. The number of sulfonamides is 1. The number of rotatable bonds is 7. The van der Waals surface area contributed by atoms with E-state index in [-0.39, 0.29) is 23.5 Å². The highest BCUT2D eigenvalue weighted by atomic mass is 32.2. The second-order valence-corrected chi connectivity index (χ2v) is 8.05. The maximum Gasteiger partial charge on any atom is 0.573 e. The maximum atomic E-state index is 12.4. The van der Waals surface area contributed by atoms with Gasteiger partial charge < -0.3 is 10.1 Å². The molecular weight excluding hydrogens is 421 g/mol. The molecule has 3 aromatic rings. The number of halogens is 3. The van der Waals surface area contributed by atoms with E-state index in [4.69, 9.17) is 0 Å². The van der Waals surface area contributed by atoms with Crippen LogP contribution in [0.5, 0.6) is 5.75 Å². The van der Waals surface area contributed by atoms with Gasteiger partial charge in [-0.15, -0.1) is 13.2 Å². The van der Waals surface area contributed by atoms with Gasteiger partial charge in [0.2, 0.25) is 15.9 Å². The first-order valence-electron chi connectivity index (χ1n) is 8.76. The van der Waals surface area contributed by atoms with Crippen molar-refractivity contribution in [3.05, 3.63) is 66.7 Å². The summed E-state index contributed by atoms with van der Waals surface area (Å²) in [5, 5.41) is 4.06. The molecule has 0 aliphatic heterocycles. The molecule has 6 nitrogen and oxygen atoms in total. The number of fused-ring (bicyclic) bond motifs is 1. The third kappa shape index (κ3) is 5.94. The molecule has 0 atom stereocenters. The van der Waals surface area contributed by atoms with Crippen LogP contribution in [-0.2, 0) is 14.8 Å². The van der Waals surface area contributed by atoms with Gasteiger partial charge >= 0.3 is 6.36 Å². The molecule has 0 spiro atoms. The molecule has 30 heavy (non-hydrogen) atoms. The molecule has 0 bridgehead atoms. The zero-order valence-corrected chi connectivity index (χ0v) is 16.3. The van der Waals surface area contributed by atoms with E-state index < -0.39 is 28.0 Å². The number of amides is 1. The van der Waals surface area contributed by atoms with Crippen molar-refractivity contribution >= 4 is 32.4 Å². The molecule has 0 saturated heterocycles. The van der Waals surface area contributed by atoms with Gasteiger partial charge in [0, 0.05) is 24.7 Å². The molecule has 3 rings (SSSR count). The Balaban J connectivity index is 1.56. The highest BCUT2D eigenvalue weighted by Gasteiger charge is 2.31. The Morgan fingerprint density at radius 3 is 2.40 bits per heavy atom. The summed E-state index contributed by atoms with van der Waals surface area (Å²) in [6, 6.07) is 16.8. The summed E-state index contributed by atoms with van der Waals surface area (Å²) in [5.41, 5.74) is 0.0964. The summed E-state index contributed by atoms with van der Waals surface area (Å²) in [6.45, 7) is -0.181. The van der Waals surface area contributed by atoms with Crippen molar-refractivity contribution in [2.45, 2.75) is 17.7 Å². The van der Waals surface area contributed by atoms with Crippen LogP contribution < -0.4 is 14.8 Å². The number of carbonyl (C=O) groups is 1. The molecule has 3 aromatic carbocycles. The molecule has 0 aliphatic carbocycles. The molecule has 0 heterocycles. The molecule has 158 valence electrons. The van der Waals surface area contributed by atoms with Crippen LogP contribution in [0, 0.1) is 0 Å². The van der Waals surface area contributed by atoms with Crippen LogP contribution in [0.1, 0.15) is 6.42 Å². The monoisotopic (exact) mass is 438 g/mol. The second kappa shape index (κ2) is 8.72. The van der Waals surface area contributed by atoms with Crippen LogP contribution in [-0.4, -0.2) is 27.2 Å². The Bertz CT molecular complexity index is 1160. The molecule has 0 saturated carbocycles. The third-order valence-corrected chi connectivity index (χ3v) is 5.49. The zero-order valence-electron chi connectivity index (χ0n) is 15.4. The summed E-state index contributed by atoms with van der Waals surface area (Å²) in [7, 11) is -3.82. The number of anilines is 1. The lowest BCUT2D eigenvalue weighted by Crippen LogP contribution is -2.27. The van der Waals surface area contributed by atoms with E-state index in [0.29, 0.717) is 0 Å². The van der Waals surface area contributed by atoms with Gasteiger partial charge in [0.1, 0.15) is 5.75 Å². The normalized spacial score (nSPS) is 12.0. The molecule has 0 fully saturated rings. The Hall–Kier alpha value is -3.11. The number of nitrogens with one attached hydrogen (secondary N) is 2. The quantitative estimate of drug-likeness (QED) is 0.583. The number of ether oxygens (including phenoxy) is 1. The van der Waals surface area contributed by atoms with Gasteiger partial charge in [-0.1, -0.05) is 36.4 Å². The molecule has 0 unspecified atom stereocenters. The minimum Gasteiger partial charge on any atom is -0.406 e. The van der Waals surface area contributed by atoms with E-state index in [1.165, 1.54) is 24.3 Å². The summed E-state index contributed by atoms with van der Waals surface area (Å²) < 4.78 is 67.8. The second-order valence-electron chi connectivity index (χ2n) is 6.28. The van der Waals surface area contributed by atoms with E-state index in [2.05, 4.69) is 14.8 Å². The van der Waals surface area contributed by atoms with Gasteiger partial charge in [-0.2, -0.15) is 0 Å². The van der Waals surface area contributed by atoms with E-state index in [1.54, 1.807) is 18.2 Å². The van der Waals surface area contributed by atoms with Crippen molar-refractivity contribution in [1.82, 2.24) is 4.72 Å². The van der Waals surface area contributed by atoms with E-state index in [1.807, 2.05) is 12.1 Å². The predicted molar refractivity (Wildman–Crippen MR) is 106 cm³/mol. The first kappa shape index (κ1) is 21.6. The van der Waals surface area contributed by atoms with E-state index in [0.717, 1.165) is 22.9 Å². The topological polar surface area (TPSA) is 84.5 Å². The van der Waals surface area contributed by atoms with Gasteiger partial charge in [-0.25, -0.2) is 13.1 Å². The first-order valence-corrected chi connectivity index (χ1v) is 10.2. The van der Waals surface area contributed by atoms with Gasteiger partial charge in [0.15, 0.2) is 0 Å². The zero-order chi connectivity index (χ0) is 21.8. The predicted octanol–water partition coefficient (Wildman–Crippen LogP) is 4.05. The van der Waals surface area contributed by atoms with Crippen molar-refractivity contribution in [3.63, 3.8) is 0 Å². The van der Waals surface area contributed by atoms with Crippen molar-refractivity contribution in [3.8, 4) is 5.75 Å². The minimum absolute atomic E-state index is 0.0682. The fourth-order valence-corrected chi connectivity index (χ4v) is 3.78. The van der Waals surface area contributed by atoms with Gasteiger partial charge in [-0.05, 0) is 35.0 Å². The lowest BCUT2D eigenvalue weighted by Gasteiger charge is -2.11. The first-order chi connectivity index (χ1) is 14.1. The van der Waals surface area contributed by atoms with Crippen LogP contribution in [0.2, 0.25) is 0 Å². The van der Waals surface area contributed by atoms with Crippen molar-refractivity contribution < 1.29 is 31.1 Å². The van der Waals surface area contributed by atoms with Crippen LogP contribution >= 0.6 is 0 Å². The van der Waals surface area contributed by atoms with Crippen molar-refractivity contribution in [1.29, 1.82) is 0 Å². The largest absolute Gasteiger partial charge is 0.573 e. The van der Waals surface area contributed by atoms with Crippen molar-refractivity contribution in [2.24, 2.45) is 0 Å². The average Bonchev–Trinajstić information content (AvgIpc) is 2.66.